The highest BCUT2D eigenvalue weighted by Crippen LogP contribution is 2.26. The molecular weight excluding hydrogens is 281 g/mol. The van der Waals surface area contributed by atoms with Gasteiger partial charge >= 0.3 is 6.18 Å². The summed E-state index contributed by atoms with van der Waals surface area (Å²) in [5.74, 6) is -1.06. The fraction of sp³-hybridized carbons (Fsp3) is 0.714. The van der Waals surface area contributed by atoms with Gasteiger partial charge in [0, 0.05) is 36.6 Å². The van der Waals surface area contributed by atoms with Crippen molar-refractivity contribution in [3.63, 3.8) is 0 Å². The van der Waals surface area contributed by atoms with Crippen LogP contribution in [0, 0.1) is 6.92 Å². The quantitative estimate of drug-likeness (QED) is 0.858. The van der Waals surface area contributed by atoms with E-state index in [0.717, 1.165) is 31.5 Å². The number of alkyl halides is 3. The van der Waals surface area contributed by atoms with Crippen molar-refractivity contribution in [2.24, 2.45) is 0 Å². The fourth-order valence-electron chi connectivity index (χ4n) is 2.62. The second kappa shape index (κ2) is 6.27. The SMILES string of the molecule is Cc1nc(C(F)(F)F)ncc1CN1CCC[C@@H](N(C)C)C1. The van der Waals surface area contributed by atoms with Gasteiger partial charge in [0.1, 0.15) is 0 Å². The monoisotopic (exact) mass is 302 g/mol. The normalized spacial score (nSPS) is 21.0. The van der Waals surface area contributed by atoms with E-state index in [1.807, 2.05) is 0 Å². The number of likely N-dealkylation sites (N-methyl/N-ethyl adjacent to an activating group) is 1. The van der Waals surface area contributed by atoms with Crippen LogP contribution in [0.1, 0.15) is 29.9 Å². The Morgan fingerprint density at radius 3 is 2.67 bits per heavy atom. The molecule has 1 saturated heterocycles. The molecule has 0 aliphatic carbocycles. The minimum Gasteiger partial charge on any atom is -0.305 e. The predicted molar refractivity (Wildman–Crippen MR) is 73.8 cm³/mol. The Kier molecular flexibility index (Phi) is 4.83. The van der Waals surface area contributed by atoms with Crippen molar-refractivity contribution >= 4 is 0 Å². The molecule has 2 rings (SSSR count). The lowest BCUT2D eigenvalue weighted by molar-refractivity contribution is -0.145. The zero-order valence-electron chi connectivity index (χ0n) is 12.6. The number of hydrogen-bond donors (Lipinski definition) is 0. The molecule has 0 radical (unpaired) electrons. The number of halogens is 3. The van der Waals surface area contributed by atoms with Crippen LogP contribution in [0.5, 0.6) is 0 Å². The summed E-state index contributed by atoms with van der Waals surface area (Å²) in [7, 11) is 4.11. The summed E-state index contributed by atoms with van der Waals surface area (Å²) in [6.07, 6.45) is -0.912. The smallest absolute Gasteiger partial charge is 0.305 e. The molecule has 1 aromatic rings. The van der Waals surface area contributed by atoms with E-state index < -0.39 is 12.0 Å². The van der Waals surface area contributed by atoms with Gasteiger partial charge in [0.2, 0.25) is 5.82 Å². The number of hydrogen-bond acceptors (Lipinski definition) is 4. The highest BCUT2D eigenvalue weighted by atomic mass is 19.4. The molecule has 1 atom stereocenters. The van der Waals surface area contributed by atoms with Crippen molar-refractivity contribution in [2.75, 3.05) is 27.2 Å². The molecule has 2 heterocycles. The van der Waals surface area contributed by atoms with Crippen LogP contribution in [0.4, 0.5) is 13.2 Å². The molecule has 1 aromatic heterocycles. The molecule has 1 aliphatic heterocycles. The third-order valence-electron chi connectivity index (χ3n) is 3.94. The summed E-state index contributed by atoms with van der Waals surface area (Å²) in [6.45, 7) is 4.10. The molecule has 0 N–H and O–H groups in total. The van der Waals surface area contributed by atoms with Crippen molar-refractivity contribution in [3.05, 3.63) is 23.3 Å². The van der Waals surface area contributed by atoms with Gasteiger partial charge in [0.05, 0.1) is 0 Å². The first kappa shape index (κ1) is 16.2. The molecule has 4 nitrogen and oxygen atoms in total. The Balaban J connectivity index is 2.06. The zero-order chi connectivity index (χ0) is 15.6. The van der Waals surface area contributed by atoms with Gasteiger partial charge in [-0.2, -0.15) is 13.2 Å². The van der Waals surface area contributed by atoms with Gasteiger partial charge in [-0.05, 0) is 40.4 Å². The summed E-state index contributed by atoms with van der Waals surface area (Å²) in [5, 5.41) is 0. The van der Waals surface area contributed by atoms with E-state index in [0.29, 0.717) is 18.3 Å². The first-order chi connectivity index (χ1) is 9.77. The highest BCUT2D eigenvalue weighted by Gasteiger charge is 2.35. The van der Waals surface area contributed by atoms with Gasteiger partial charge in [-0.1, -0.05) is 0 Å². The predicted octanol–water partition coefficient (Wildman–Crippen LogP) is 2.33. The van der Waals surface area contributed by atoms with E-state index in [1.165, 1.54) is 6.20 Å². The molecule has 0 saturated carbocycles. The van der Waals surface area contributed by atoms with E-state index >= 15 is 0 Å². The minimum absolute atomic E-state index is 0.407. The third kappa shape index (κ3) is 4.14. The van der Waals surface area contributed by atoms with Crippen LogP contribution in [-0.2, 0) is 12.7 Å². The number of aryl methyl sites for hydroxylation is 1. The van der Waals surface area contributed by atoms with E-state index in [2.05, 4.69) is 33.9 Å². The Morgan fingerprint density at radius 1 is 1.38 bits per heavy atom. The van der Waals surface area contributed by atoms with Crippen molar-refractivity contribution in [1.82, 2.24) is 19.8 Å². The molecular formula is C14H21F3N4. The van der Waals surface area contributed by atoms with Crippen LogP contribution in [0.25, 0.3) is 0 Å². The van der Waals surface area contributed by atoms with Gasteiger partial charge in [-0.3, -0.25) is 4.90 Å². The lowest BCUT2D eigenvalue weighted by Gasteiger charge is -2.36. The number of piperidine rings is 1. The van der Waals surface area contributed by atoms with E-state index in [4.69, 9.17) is 0 Å². The summed E-state index contributed by atoms with van der Waals surface area (Å²) in [4.78, 5) is 11.5. The average molecular weight is 302 g/mol. The second-order valence-electron chi connectivity index (χ2n) is 5.80. The molecule has 7 heteroatoms. The van der Waals surface area contributed by atoms with Crippen molar-refractivity contribution < 1.29 is 13.2 Å². The molecule has 118 valence electrons. The first-order valence-corrected chi connectivity index (χ1v) is 7.06. The van der Waals surface area contributed by atoms with Crippen LogP contribution >= 0.6 is 0 Å². The summed E-state index contributed by atoms with van der Waals surface area (Å²) < 4.78 is 37.7. The standard InChI is InChI=1S/C14H21F3N4/c1-10-11(7-18-13(19-10)14(15,16)17)8-21-6-4-5-12(9-21)20(2)3/h7,12H,4-6,8-9H2,1-3H3/t12-/m1/s1. The third-order valence-corrected chi connectivity index (χ3v) is 3.94. The average Bonchev–Trinajstić information content (AvgIpc) is 2.40. The largest absolute Gasteiger partial charge is 0.451 e. The van der Waals surface area contributed by atoms with Gasteiger partial charge in [0.25, 0.3) is 0 Å². The molecule has 0 spiro atoms. The van der Waals surface area contributed by atoms with Gasteiger partial charge in [-0.15, -0.1) is 0 Å². The van der Waals surface area contributed by atoms with Gasteiger partial charge in [0.15, 0.2) is 0 Å². The fourth-order valence-corrected chi connectivity index (χ4v) is 2.62. The number of likely N-dealkylation sites (tertiary alicyclic amines) is 1. The molecule has 0 aromatic carbocycles. The Morgan fingerprint density at radius 2 is 2.10 bits per heavy atom. The van der Waals surface area contributed by atoms with Crippen molar-refractivity contribution in [2.45, 2.75) is 38.5 Å². The van der Waals surface area contributed by atoms with Crippen LogP contribution in [0.3, 0.4) is 0 Å². The van der Waals surface area contributed by atoms with Crippen LogP contribution in [-0.4, -0.2) is 53.0 Å². The lowest BCUT2D eigenvalue weighted by atomic mass is 10.0. The lowest BCUT2D eigenvalue weighted by Crippen LogP contribution is -2.44. The molecule has 1 aliphatic rings. The highest BCUT2D eigenvalue weighted by molar-refractivity contribution is 5.17. The first-order valence-electron chi connectivity index (χ1n) is 7.06. The Bertz CT molecular complexity index is 488. The molecule has 21 heavy (non-hydrogen) atoms. The van der Waals surface area contributed by atoms with Crippen molar-refractivity contribution in [1.29, 1.82) is 0 Å². The Labute approximate surface area is 123 Å². The van der Waals surface area contributed by atoms with Crippen molar-refractivity contribution in [3.8, 4) is 0 Å². The van der Waals surface area contributed by atoms with Gasteiger partial charge < -0.3 is 4.90 Å². The second-order valence-corrected chi connectivity index (χ2v) is 5.80. The maximum absolute atomic E-state index is 12.6. The molecule has 0 bridgehead atoms. The topological polar surface area (TPSA) is 32.3 Å². The van der Waals surface area contributed by atoms with Crippen LogP contribution < -0.4 is 0 Å². The van der Waals surface area contributed by atoms with Crippen LogP contribution in [0.15, 0.2) is 6.20 Å². The maximum Gasteiger partial charge on any atom is 0.451 e. The maximum atomic E-state index is 12.6. The van der Waals surface area contributed by atoms with Crippen LogP contribution in [0.2, 0.25) is 0 Å². The number of aromatic nitrogens is 2. The summed E-state index contributed by atoms with van der Waals surface area (Å²) >= 11 is 0. The summed E-state index contributed by atoms with van der Waals surface area (Å²) in [6, 6.07) is 0.495. The number of nitrogens with zero attached hydrogens (tertiary/aromatic N) is 4. The van der Waals surface area contributed by atoms with E-state index in [-0.39, 0.29) is 0 Å². The van der Waals surface area contributed by atoms with E-state index in [9.17, 15) is 13.2 Å². The molecule has 1 fully saturated rings. The molecule has 0 amide bonds. The number of rotatable bonds is 3. The van der Waals surface area contributed by atoms with Gasteiger partial charge in [-0.25, -0.2) is 9.97 Å². The molecule has 0 unspecified atom stereocenters. The van der Waals surface area contributed by atoms with E-state index in [1.54, 1.807) is 6.92 Å². The zero-order valence-corrected chi connectivity index (χ0v) is 12.6. The summed E-state index contributed by atoms with van der Waals surface area (Å²) in [5.41, 5.74) is 1.17. The minimum atomic E-state index is -4.48. The Hall–Kier alpha value is -1.21.